The van der Waals surface area contributed by atoms with Gasteiger partial charge in [-0.2, -0.15) is 5.10 Å². The Morgan fingerprint density at radius 2 is 1.87 bits per heavy atom. The minimum absolute atomic E-state index is 0.210. The second kappa shape index (κ2) is 8.47. The van der Waals surface area contributed by atoms with Crippen molar-refractivity contribution < 1.29 is 9.21 Å². The van der Waals surface area contributed by atoms with Crippen LogP contribution in [0.3, 0.4) is 0 Å². The zero-order chi connectivity index (χ0) is 21.0. The Morgan fingerprint density at radius 1 is 1.03 bits per heavy atom. The predicted octanol–water partition coefficient (Wildman–Crippen LogP) is 4.06. The molecule has 1 N–H and O–H groups in total. The molecule has 0 radical (unpaired) electrons. The largest absolute Gasteiger partial charge is 0.463 e. The highest BCUT2D eigenvalue weighted by Crippen LogP contribution is 2.22. The van der Waals surface area contributed by atoms with Crippen LogP contribution in [0.25, 0.3) is 17.1 Å². The summed E-state index contributed by atoms with van der Waals surface area (Å²) in [7, 11) is 0. The summed E-state index contributed by atoms with van der Waals surface area (Å²) >= 11 is 0. The summed E-state index contributed by atoms with van der Waals surface area (Å²) in [6, 6.07) is 19.0. The van der Waals surface area contributed by atoms with Crippen LogP contribution in [0.5, 0.6) is 0 Å². The number of furan rings is 1. The number of hydrogen-bond acceptors (Lipinski definition) is 5. The maximum atomic E-state index is 13.0. The average molecular weight is 413 g/mol. The fraction of sp³-hybridized carbons (Fsp3) is 0.208. The molecule has 0 bridgehead atoms. The van der Waals surface area contributed by atoms with Gasteiger partial charge in [0.15, 0.2) is 5.76 Å². The number of hydrogen-bond donors (Lipinski definition) is 1. The zero-order valence-corrected chi connectivity index (χ0v) is 17.1. The molecule has 0 saturated carbocycles. The lowest BCUT2D eigenvalue weighted by Gasteiger charge is -2.16. The van der Waals surface area contributed by atoms with Gasteiger partial charge in [-0.15, -0.1) is 0 Å². The van der Waals surface area contributed by atoms with Crippen LogP contribution >= 0.6 is 0 Å². The molecule has 0 atom stereocenters. The van der Waals surface area contributed by atoms with E-state index in [0.717, 1.165) is 30.2 Å². The van der Waals surface area contributed by atoms with Gasteiger partial charge in [0.05, 0.1) is 12.0 Å². The lowest BCUT2D eigenvalue weighted by Crippen LogP contribution is -2.25. The van der Waals surface area contributed by atoms with Crippen molar-refractivity contribution in [2.75, 3.05) is 18.0 Å². The van der Waals surface area contributed by atoms with E-state index in [-0.39, 0.29) is 5.91 Å². The minimum atomic E-state index is -0.210. The number of rotatable bonds is 6. The normalized spacial score (nSPS) is 13.5. The molecule has 1 aliphatic heterocycles. The smallest absolute Gasteiger partial charge is 0.270 e. The number of nitrogens with zero attached hydrogens (tertiary/aromatic N) is 4. The van der Waals surface area contributed by atoms with E-state index in [1.54, 1.807) is 23.1 Å². The van der Waals surface area contributed by atoms with Gasteiger partial charge in [-0.1, -0.05) is 24.3 Å². The van der Waals surface area contributed by atoms with Crippen molar-refractivity contribution in [3.05, 3.63) is 84.4 Å². The molecule has 1 amide bonds. The summed E-state index contributed by atoms with van der Waals surface area (Å²) in [6.45, 7) is 2.51. The molecule has 4 heterocycles. The molecule has 0 aliphatic carbocycles. The topological polar surface area (TPSA) is 76.2 Å². The summed E-state index contributed by atoms with van der Waals surface area (Å²) in [5.74, 6) is 1.40. The van der Waals surface area contributed by atoms with Gasteiger partial charge in [-0.25, -0.2) is 9.67 Å². The van der Waals surface area contributed by atoms with Crippen LogP contribution in [0.2, 0.25) is 0 Å². The number of amides is 1. The van der Waals surface area contributed by atoms with E-state index in [1.807, 2.05) is 54.7 Å². The molecule has 3 aromatic heterocycles. The number of aromatic nitrogens is 3. The fourth-order valence-corrected chi connectivity index (χ4v) is 3.78. The van der Waals surface area contributed by atoms with E-state index in [2.05, 4.69) is 20.3 Å². The molecule has 1 aromatic carbocycles. The van der Waals surface area contributed by atoms with Crippen LogP contribution < -0.4 is 10.2 Å². The van der Waals surface area contributed by atoms with Crippen molar-refractivity contribution in [3.8, 4) is 17.1 Å². The first-order valence-corrected chi connectivity index (χ1v) is 10.5. The number of pyridine rings is 1. The van der Waals surface area contributed by atoms with E-state index in [1.165, 1.54) is 12.8 Å². The first-order valence-electron chi connectivity index (χ1n) is 10.5. The molecule has 0 unspecified atom stereocenters. The number of nitrogens with one attached hydrogen (secondary N) is 1. The summed E-state index contributed by atoms with van der Waals surface area (Å²) in [5.41, 5.74) is 2.81. The fourth-order valence-electron chi connectivity index (χ4n) is 3.78. The van der Waals surface area contributed by atoms with Crippen molar-refractivity contribution in [1.29, 1.82) is 0 Å². The van der Waals surface area contributed by atoms with Gasteiger partial charge < -0.3 is 14.6 Å². The highest BCUT2D eigenvalue weighted by Gasteiger charge is 2.19. The Bertz CT molecular complexity index is 1140. The van der Waals surface area contributed by atoms with Crippen molar-refractivity contribution in [1.82, 2.24) is 20.1 Å². The first kappa shape index (κ1) is 19.1. The molecule has 4 aromatic rings. The van der Waals surface area contributed by atoms with Crippen molar-refractivity contribution in [3.63, 3.8) is 0 Å². The molecule has 1 fully saturated rings. The highest BCUT2D eigenvalue weighted by atomic mass is 16.3. The number of carbonyl (C=O) groups excluding carboxylic acids is 1. The summed E-state index contributed by atoms with van der Waals surface area (Å²) in [4.78, 5) is 19.9. The molecule has 7 heteroatoms. The Balaban J connectivity index is 1.35. The van der Waals surface area contributed by atoms with Gasteiger partial charge in [0.1, 0.15) is 17.2 Å². The van der Waals surface area contributed by atoms with Crippen LogP contribution in [0.15, 0.2) is 77.5 Å². The maximum absolute atomic E-state index is 13.0. The lowest BCUT2D eigenvalue weighted by atomic mass is 10.2. The predicted molar refractivity (Wildman–Crippen MR) is 118 cm³/mol. The molecular weight excluding hydrogens is 390 g/mol. The average Bonchev–Trinajstić information content (AvgIpc) is 3.59. The minimum Gasteiger partial charge on any atom is -0.463 e. The van der Waals surface area contributed by atoms with E-state index in [4.69, 9.17) is 4.42 Å². The monoisotopic (exact) mass is 413 g/mol. The molecule has 7 nitrogen and oxygen atoms in total. The molecule has 1 aliphatic rings. The zero-order valence-electron chi connectivity index (χ0n) is 17.1. The second-order valence-corrected chi connectivity index (χ2v) is 7.54. The molecular formula is C24H23N5O2. The molecule has 31 heavy (non-hydrogen) atoms. The maximum Gasteiger partial charge on any atom is 0.270 e. The van der Waals surface area contributed by atoms with Gasteiger partial charge in [-0.3, -0.25) is 4.79 Å². The van der Waals surface area contributed by atoms with Gasteiger partial charge in [-0.05, 0) is 48.7 Å². The van der Waals surface area contributed by atoms with Gasteiger partial charge >= 0.3 is 0 Å². The first-order chi connectivity index (χ1) is 15.3. The molecule has 156 valence electrons. The van der Waals surface area contributed by atoms with Crippen molar-refractivity contribution in [2.24, 2.45) is 0 Å². The van der Waals surface area contributed by atoms with E-state index >= 15 is 0 Å². The molecule has 0 spiro atoms. The third kappa shape index (κ3) is 4.07. The Hall–Kier alpha value is -3.87. The Kier molecular flexibility index (Phi) is 5.22. The number of carbonyl (C=O) groups is 1. The van der Waals surface area contributed by atoms with E-state index in [9.17, 15) is 4.79 Å². The third-order valence-corrected chi connectivity index (χ3v) is 5.41. The van der Waals surface area contributed by atoms with Gasteiger partial charge in [0.25, 0.3) is 5.91 Å². The highest BCUT2D eigenvalue weighted by molar-refractivity contribution is 5.94. The summed E-state index contributed by atoms with van der Waals surface area (Å²) in [5, 5.41) is 7.59. The SMILES string of the molecule is O=C(NCc1ccc(N2CCCC2)nc1)c1cc(-c2ccco2)nn1-c1ccccc1. The Morgan fingerprint density at radius 3 is 2.58 bits per heavy atom. The van der Waals surface area contributed by atoms with Crippen molar-refractivity contribution >= 4 is 11.7 Å². The van der Waals surface area contributed by atoms with Crippen LogP contribution in [-0.4, -0.2) is 33.8 Å². The van der Waals surface area contributed by atoms with Gasteiger partial charge in [0, 0.05) is 31.9 Å². The molecule has 1 saturated heterocycles. The van der Waals surface area contributed by atoms with Gasteiger partial charge in [0.2, 0.25) is 0 Å². The van der Waals surface area contributed by atoms with Crippen LogP contribution in [0.1, 0.15) is 28.9 Å². The number of anilines is 1. The van der Waals surface area contributed by atoms with Crippen molar-refractivity contribution in [2.45, 2.75) is 19.4 Å². The van der Waals surface area contributed by atoms with E-state index in [0.29, 0.717) is 23.7 Å². The van der Waals surface area contributed by atoms with Crippen LogP contribution in [0, 0.1) is 0 Å². The molecule has 5 rings (SSSR count). The lowest BCUT2D eigenvalue weighted by molar-refractivity contribution is 0.0943. The third-order valence-electron chi connectivity index (χ3n) is 5.41. The number of benzene rings is 1. The quantitative estimate of drug-likeness (QED) is 0.516. The Labute approximate surface area is 180 Å². The number of para-hydroxylation sites is 1. The summed E-state index contributed by atoms with van der Waals surface area (Å²) in [6.07, 6.45) is 5.86. The van der Waals surface area contributed by atoms with Crippen LogP contribution in [0.4, 0.5) is 5.82 Å². The standard InChI is InChI=1S/C24H23N5O2/c30-24(26-17-18-10-11-23(25-16-18)28-12-4-5-13-28)21-15-20(22-9-6-14-31-22)27-29(21)19-7-2-1-3-8-19/h1-3,6-11,14-16H,4-5,12-13,17H2,(H,26,30). The van der Waals surface area contributed by atoms with E-state index < -0.39 is 0 Å². The van der Waals surface area contributed by atoms with Crippen LogP contribution in [-0.2, 0) is 6.54 Å². The second-order valence-electron chi connectivity index (χ2n) is 7.54. The summed E-state index contributed by atoms with van der Waals surface area (Å²) < 4.78 is 7.11.